The Kier molecular flexibility index (Phi) is 2.63. The standard InChI is InChI=1S/C14H14ClN3/c1-10-4-3-5-12-11(10)6-7-18(12)9-14-16-8-13(15)17(14)2/h3-8H,9H2,1-2H3. The maximum Gasteiger partial charge on any atom is 0.129 e. The van der Waals surface area contributed by atoms with E-state index in [1.807, 2.05) is 11.6 Å². The van der Waals surface area contributed by atoms with Gasteiger partial charge in [-0.2, -0.15) is 0 Å². The van der Waals surface area contributed by atoms with Crippen molar-refractivity contribution in [1.29, 1.82) is 0 Å². The predicted octanol–water partition coefficient (Wildman–Crippen LogP) is 3.38. The molecule has 0 atom stereocenters. The van der Waals surface area contributed by atoms with Gasteiger partial charge in [0.05, 0.1) is 12.7 Å². The second-order valence-corrected chi connectivity index (χ2v) is 4.89. The summed E-state index contributed by atoms with van der Waals surface area (Å²) in [6, 6.07) is 8.49. The average Bonchev–Trinajstić information content (AvgIpc) is 2.90. The van der Waals surface area contributed by atoms with Gasteiger partial charge in [0.2, 0.25) is 0 Å². The summed E-state index contributed by atoms with van der Waals surface area (Å²) < 4.78 is 4.10. The van der Waals surface area contributed by atoms with Gasteiger partial charge in [0.25, 0.3) is 0 Å². The Labute approximate surface area is 111 Å². The first-order valence-corrected chi connectivity index (χ1v) is 6.25. The zero-order chi connectivity index (χ0) is 12.7. The summed E-state index contributed by atoms with van der Waals surface area (Å²) in [5.41, 5.74) is 2.53. The van der Waals surface area contributed by atoms with Crippen LogP contribution in [0.25, 0.3) is 10.9 Å². The third-order valence-electron chi connectivity index (χ3n) is 3.37. The van der Waals surface area contributed by atoms with Crippen LogP contribution in [-0.2, 0) is 13.6 Å². The third kappa shape index (κ3) is 1.71. The fraction of sp³-hybridized carbons (Fsp3) is 0.214. The Morgan fingerprint density at radius 3 is 2.83 bits per heavy atom. The highest BCUT2D eigenvalue weighted by molar-refractivity contribution is 6.29. The van der Waals surface area contributed by atoms with Gasteiger partial charge in [-0.05, 0) is 24.6 Å². The molecule has 0 aliphatic carbocycles. The molecule has 3 aromatic rings. The van der Waals surface area contributed by atoms with Gasteiger partial charge in [-0.25, -0.2) is 4.98 Å². The Hall–Kier alpha value is -1.74. The van der Waals surface area contributed by atoms with E-state index in [-0.39, 0.29) is 0 Å². The predicted molar refractivity (Wildman–Crippen MR) is 74.0 cm³/mol. The summed E-state index contributed by atoms with van der Waals surface area (Å²) in [5.74, 6) is 0.957. The number of rotatable bonds is 2. The quantitative estimate of drug-likeness (QED) is 0.692. The average molecular weight is 260 g/mol. The molecule has 0 radical (unpaired) electrons. The molecular weight excluding hydrogens is 246 g/mol. The largest absolute Gasteiger partial charge is 0.340 e. The molecule has 0 N–H and O–H groups in total. The van der Waals surface area contributed by atoms with Gasteiger partial charge in [0.1, 0.15) is 11.0 Å². The van der Waals surface area contributed by atoms with Crippen molar-refractivity contribution in [2.24, 2.45) is 7.05 Å². The summed E-state index contributed by atoms with van der Waals surface area (Å²) in [5, 5.41) is 1.95. The fourth-order valence-corrected chi connectivity index (χ4v) is 2.39. The molecule has 3 nitrogen and oxygen atoms in total. The van der Waals surface area contributed by atoms with E-state index in [1.54, 1.807) is 6.20 Å². The van der Waals surface area contributed by atoms with Crippen molar-refractivity contribution in [2.75, 3.05) is 0 Å². The first-order valence-electron chi connectivity index (χ1n) is 5.87. The normalized spacial score (nSPS) is 11.3. The molecule has 0 fully saturated rings. The number of imidazole rings is 1. The summed E-state index contributed by atoms with van der Waals surface area (Å²) >= 11 is 6.00. The molecule has 2 heterocycles. The van der Waals surface area contributed by atoms with E-state index in [1.165, 1.54) is 16.5 Å². The molecule has 0 saturated heterocycles. The van der Waals surface area contributed by atoms with Gasteiger partial charge >= 0.3 is 0 Å². The SMILES string of the molecule is Cc1cccc2c1ccn2Cc1ncc(Cl)n1C. The minimum Gasteiger partial charge on any atom is -0.340 e. The van der Waals surface area contributed by atoms with Crippen molar-refractivity contribution in [3.8, 4) is 0 Å². The summed E-state index contributed by atoms with van der Waals surface area (Å²) in [6.07, 6.45) is 3.79. The molecule has 0 saturated carbocycles. The maximum atomic E-state index is 6.00. The van der Waals surface area contributed by atoms with E-state index < -0.39 is 0 Å². The number of fused-ring (bicyclic) bond motifs is 1. The Morgan fingerprint density at radius 2 is 2.11 bits per heavy atom. The van der Waals surface area contributed by atoms with Crippen molar-refractivity contribution in [1.82, 2.24) is 14.1 Å². The Balaban J connectivity index is 2.06. The Morgan fingerprint density at radius 1 is 1.28 bits per heavy atom. The van der Waals surface area contributed by atoms with E-state index in [4.69, 9.17) is 11.6 Å². The van der Waals surface area contributed by atoms with Crippen LogP contribution in [-0.4, -0.2) is 14.1 Å². The zero-order valence-electron chi connectivity index (χ0n) is 10.4. The van der Waals surface area contributed by atoms with E-state index in [2.05, 4.69) is 46.9 Å². The molecule has 0 bridgehead atoms. The van der Waals surface area contributed by atoms with Gasteiger partial charge in [0.15, 0.2) is 0 Å². The lowest BCUT2D eigenvalue weighted by Crippen LogP contribution is -2.05. The van der Waals surface area contributed by atoms with Crippen molar-refractivity contribution >= 4 is 22.5 Å². The van der Waals surface area contributed by atoms with E-state index in [0.29, 0.717) is 5.15 Å². The number of nitrogens with zero attached hydrogens (tertiary/aromatic N) is 3. The molecule has 0 spiro atoms. The second-order valence-electron chi connectivity index (χ2n) is 4.51. The molecule has 0 aliphatic rings. The van der Waals surface area contributed by atoms with Gasteiger partial charge in [0, 0.05) is 24.1 Å². The van der Waals surface area contributed by atoms with E-state index in [0.717, 1.165) is 12.4 Å². The van der Waals surface area contributed by atoms with Crippen molar-refractivity contribution in [2.45, 2.75) is 13.5 Å². The van der Waals surface area contributed by atoms with Crippen molar-refractivity contribution in [3.05, 3.63) is 53.2 Å². The lowest BCUT2D eigenvalue weighted by Gasteiger charge is -2.06. The topological polar surface area (TPSA) is 22.8 Å². The molecule has 1 aromatic carbocycles. The van der Waals surface area contributed by atoms with Gasteiger partial charge < -0.3 is 9.13 Å². The van der Waals surface area contributed by atoms with Crippen LogP contribution < -0.4 is 0 Å². The van der Waals surface area contributed by atoms with Crippen LogP contribution in [0.4, 0.5) is 0 Å². The number of hydrogen-bond acceptors (Lipinski definition) is 1. The first kappa shape index (κ1) is 11.4. The number of halogens is 1. The van der Waals surface area contributed by atoms with Gasteiger partial charge in [-0.1, -0.05) is 23.7 Å². The molecule has 3 rings (SSSR count). The Bertz CT molecular complexity index is 709. The van der Waals surface area contributed by atoms with Crippen LogP contribution in [0.2, 0.25) is 5.15 Å². The smallest absolute Gasteiger partial charge is 0.129 e. The van der Waals surface area contributed by atoms with Crippen LogP contribution in [0.1, 0.15) is 11.4 Å². The molecule has 2 aromatic heterocycles. The molecule has 0 aliphatic heterocycles. The maximum absolute atomic E-state index is 6.00. The van der Waals surface area contributed by atoms with Gasteiger partial charge in [-0.15, -0.1) is 0 Å². The first-order chi connectivity index (χ1) is 8.66. The molecule has 18 heavy (non-hydrogen) atoms. The highest BCUT2D eigenvalue weighted by Crippen LogP contribution is 2.20. The third-order valence-corrected chi connectivity index (χ3v) is 3.72. The highest BCUT2D eigenvalue weighted by Gasteiger charge is 2.08. The number of hydrogen-bond donors (Lipinski definition) is 0. The van der Waals surface area contributed by atoms with Gasteiger partial charge in [-0.3, -0.25) is 0 Å². The number of benzene rings is 1. The van der Waals surface area contributed by atoms with Crippen LogP contribution in [0, 0.1) is 6.92 Å². The van der Waals surface area contributed by atoms with Crippen LogP contribution >= 0.6 is 11.6 Å². The highest BCUT2D eigenvalue weighted by atomic mass is 35.5. The zero-order valence-corrected chi connectivity index (χ0v) is 11.1. The van der Waals surface area contributed by atoms with E-state index >= 15 is 0 Å². The lowest BCUT2D eigenvalue weighted by molar-refractivity contribution is 0.718. The molecule has 4 heteroatoms. The minimum atomic E-state index is 0.664. The van der Waals surface area contributed by atoms with Crippen LogP contribution in [0.3, 0.4) is 0 Å². The van der Waals surface area contributed by atoms with E-state index in [9.17, 15) is 0 Å². The molecule has 0 unspecified atom stereocenters. The van der Waals surface area contributed by atoms with Crippen LogP contribution in [0.5, 0.6) is 0 Å². The lowest BCUT2D eigenvalue weighted by atomic mass is 10.1. The summed E-state index contributed by atoms with van der Waals surface area (Å²) in [4.78, 5) is 4.33. The minimum absolute atomic E-state index is 0.664. The second kappa shape index (κ2) is 4.18. The summed E-state index contributed by atoms with van der Waals surface area (Å²) in [7, 11) is 1.93. The summed E-state index contributed by atoms with van der Waals surface area (Å²) in [6.45, 7) is 2.86. The number of aryl methyl sites for hydroxylation is 1. The van der Waals surface area contributed by atoms with Crippen molar-refractivity contribution < 1.29 is 0 Å². The number of aromatic nitrogens is 3. The van der Waals surface area contributed by atoms with Crippen LogP contribution in [0.15, 0.2) is 36.7 Å². The molecule has 0 amide bonds. The van der Waals surface area contributed by atoms with Crippen molar-refractivity contribution in [3.63, 3.8) is 0 Å². The molecule has 92 valence electrons. The fourth-order valence-electron chi connectivity index (χ4n) is 2.24. The molecular formula is C14H14ClN3. The monoisotopic (exact) mass is 259 g/mol.